The first-order valence-electron chi connectivity index (χ1n) is 6.04. The van der Waals surface area contributed by atoms with E-state index in [9.17, 15) is 8.78 Å². The molecule has 0 aromatic heterocycles. The minimum absolute atomic E-state index is 0.0614. The van der Waals surface area contributed by atoms with Crippen LogP contribution >= 0.6 is 11.8 Å². The van der Waals surface area contributed by atoms with Gasteiger partial charge in [-0.25, -0.2) is 8.78 Å². The zero-order valence-corrected chi connectivity index (χ0v) is 11.5. The summed E-state index contributed by atoms with van der Waals surface area (Å²) < 4.78 is 26.0. The highest BCUT2D eigenvalue weighted by Gasteiger charge is 2.15. The lowest BCUT2D eigenvalue weighted by atomic mass is 10.0. The summed E-state index contributed by atoms with van der Waals surface area (Å²) in [5.74, 6) is -1.40. The Morgan fingerprint density at radius 2 is 1.80 bits per heavy atom. The Bertz CT molecular complexity index is 602. The molecule has 0 saturated heterocycles. The number of benzene rings is 2. The molecule has 20 heavy (non-hydrogen) atoms. The number of rotatable bonds is 5. The molecule has 2 rings (SSSR count). The lowest BCUT2D eigenvalue weighted by Crippen LogP contribution is -2.22. The summed E-state index contributed by atoms with van der Waals surface area (Å²) in [5.41, 5.74) is 6.56. The van der Waals surface area contributed by atoms with Crippen molar-refractivity contribution in [1.82, 2.24) is 0 Å². The second-order valence-corrected chi connectivity index (χ2v) is 5.40. The minimum Gasteiger partial charge on any atom is -0.387 e. The number of nitrogens with two attached hydrogens (primary N) is 1. The van der Waals surface area contributed by atoms with E-state index in [1.165, 1.54) is 17.8 Å². The van der Waals surface area contributed by atoms with E-state index in [1.54, 1.807) is 0 Å². The number of amidine groups is 1. The van der Waals surface area contributed by atoms with Gasteiger partial charge in [0.05, 0.1) is 11.8 Å². The van der Waals surface area contributed by atoms with Gasteiger partial charge in [0.1, 0.15) is 0 Å². The Balaban J connectivity index is 2.10. The number of halogens is 2. The molecular weight excluding hydrogens is 278 g/mol. The molecule has 3 N–H and O–H groups in total. The standard InChI is InChI=1S/C15H14F2N2S/c16-13-7-6-11(8-14(13)17)20-9-12(15(18)19)10-4-2-1-3-5-10/h1-8,12H,9H2,(H3,18,19). The molecule has 0 bridgehead atoms. The van der Waals surface area contributed by atoms with Gasteiger partial charge in [-0.15, -0.1) is 11.8 Å². The second-order valence-electron chi connectivity index (χ2n) is 4.31. The molecule has 0 aliphatic carbocycles. The van der Waals surface area contributed by atoms with Gasteiger partial charge in [0, 0.05) is 10.6 Å². The average molecular weight is 292 g/mol. The molecule has 2 aromatic rings. The maximum Gasteiger partial charge on any atom is 0.159 e. The molecule has 0 amide bonds. The normalized spacial score (nSPS) is 12.1. The van der Waals surface area contributed by atoms with Crippen LogP contribution in [0.25, 0.3) is 0 Å². The summed E-state index contributed by atoms with van der Waals surface area (Å²) in [7, 11) is 0. The molecule has 0 radical (unpaired) electrons. The number of hydrogen-bond acceptors (Lipinski definition) is 2. The average Bonchev–Trinajstić information content (AvgIpc) is 2.44. The van der Waals surface area contributed by atoms with Crippen molar-refractivity contribution in [2.24, 2.45) is 5.73 Å². The molecule has 0 fully saturated rings. The zero-order valence-electron chi connectivity index (χ0n) is 10.6. The van der Waals surface area contributed by atoms with Crippen molar-refractivity contribution in [3.63, 3.8) is 0 Å². The highest BCUT2D eigenvalue weighted by Crippen LogP contribution is 2.27. The number of hydrogen-bond donors (Lipinski definition) is 2. The van der Waals surface area contributed by atoms with E-state index in [1.807, 2.05) is 30.3 Å². The van der Waals surface area contributed by atoms with Crippen LogP contribution in [0.1, 0.15) is 11.5 Å². The molecule has 0 saturated carbocycles. The van der Waals surface area contributed by atoms with Crippen molar-refractivity contribution in [2.45, 2.75) is 10.8 Å². The number of nitrogens with one attached hydrogen (secondary N) is 1. The highest BCUT2D eigenvalue weighted by atomic mass is 32.2. The summed E-state index contributed by atoms with van der Waals surface area (Å²) >= 11 is 1.35. The van der Waals surface area contributed by atoms with E-state index in [0.29, 0.717) is 10.6 Å². The van der Waals surface area contributed by atoms with E-state index in [2.05, 4.69) is 0 Å². The third-order valence-electron chi connectivity index (χ3n) is 2.89. The van der Waals surface area contributed by atoms with Crippen molar-refractivity contribution < 1.29 is 8.78 Å². The van der Waals surface area contributed by atoms with Gasteiger partial charge in [0.15, 0.2) is 11.6 Å². The maximum absolute atomic E-state index is 13.1. The minimum atomic E-state index is -0.867. The lowest BCUT2D eigenvalue weighted by Gasteiger charge is -2.15. The van der Waals surface area contributed by atoms with Gasteiger partial charge in [-0.1, -0.05) is 30.3 Å². The van der Waals surface area contributed by atoms with Crippen molar-refractivity contribution in [2.75, 3.05) is 5.75 Å². The molecule has 2 aromatic carbocycles. The Hall–Kier alpha value is -1.88. The molecular formula is C15H14F2N2S. The molecule has 0 aliphatic heterocycles. The van der Waals surface area contributed by atoms with E-state index >= 15 is 0 Å². The van der Waals surface area contributed by atoms with Gasteiger partial charge in [-0.3, -0.25) is 5.41 Å². The molecule has 5 heteroatoms. The van der Waals surface area contributed by atoms with Gasteiger partial charge < -0.3 is 5.73 Å². The highest BCUT2D eigenvalue weighted by molar-refractivity contribution is 7.99. The first-order valence-corrected chi connectivity index (χ1v) is 7.03. The second kappa shape index (κ2) is 6.52. The van der Waals surface area contributed by atoms with Crippen molar-refractivity contribution in [1.29, 1.82) is 5.41 Å². The van der Waals surface area contributed by atoms with Gasteiger partial charge in [0.2, 0.25) is 0 Å². The van der Waals surface area contributed by atoms with Gasteiger partial charge in [0.25, 0.3) is 0 Å². The lowest BCUT2D eigenvalue weighted by molar-refractivity contribution is 0.506. The van der Waals surface area contributed by atoms with E-state index in [4.69, 9.17) is 11.1 Å². The molecule has 2 nitrogen and oxygen atoms in total. The van der Waals surface area contributed by atoms with Crippen LogP contribution in [0.3, 0.4) is 0 Å². The van der Waals surface area contributed by atoms with Crippen molar-refractivity contribution >= 4 is 17.6 Å². The van der Waals surface area contributed by atoms with Crippen LogP contribution in [0.2, 0.25) is 0 Å². The molecule has 104 valence electrons. The summed E-state index contributed by atoms with van der Waals surface area (Å²) in [6, 6.07) is 13.2. The van der Waals surface area contributed by atoms with E-state index in [-0.39, 0.29) is 11.8 Å². The number of thioether (sulfide) groups is 1. The molecule has 0 aliphatic rings. The molecule has 0 heterocycles. The molecule has 1 unspecified atom stereocenters. The Morgan fingerprint density at radius 3 is 2.40 bits per heavy atom. The van der Waals surface area contributed by atoms with Crippen molar-refractivity contribution in [3.8, 4) is 0 Å². The predicted octanol–water partition coefficient (Wildman–Crippen LogP) is 3.78. The molecule has 1 atom stereocenters. The van der Waals surface area contributed by atoms with Gasteiger partial charge in [-0.05, 0) is 23.8 Å². The molecule has 0 spiro atoms. The fourth-order valence-corrected chi connectivity index (χ4v) is 2.88. The first-order chi connectivity index (χ1) is 9.58. The van der Waals surface area contributed by atoms with Crippen LogP contribution in [-0.4, -0.2) is 11.6 Å². The zero-order chi connectivity index (χ0) is 14.5. The first kappa shape index (κ1) is 14.5. The van der Waals surface area contributed by atoms with Crippen molar-refractivity contribution in [3.05, 3.63) is 65.7 Å². The summed E-state index contributed by atoms with van der Waals surface area (Å²) in [4.78, 5) is 0.617. The van der Waals surface area contributed by atoms with Crippen LogP contribution in [0.4, 0.5) is 8.78 Å². The summed E-state index contributed by atoms with van der Waals surface area (Å²) in [6.45, 7) is 0. The van der Waals surface area contributed by atoms with Crippen LogP contribution in [-0.2, 0) is 0 Å². The fraction of sp³-hybridized carbons (Fsp3) is 0.133. The largest absolute Gasteiger partial charge is 0.387 e. The quantitative estimate of drug-likeness (QED) is 0.500. The summed E-state index contributed by atoms with van der Waals surface area (Å²) in [5, 5.41) is 7.66. The SMILES string of the molecule is N=C(N)C(CSc1ccc(F)c(F)c1)c1ccccc1. The van der Waals surface area contributed by atoms with Crippen LogP contribution < -0.4 is 5.73 Å². The monoisotopic (exact) mass is 292 g/mol. The Labute approximate surface area is 120 Å². The third kappa shape index (κ3) is 3.57. The Morgan fingerprint density at radius 1 is 1.10 bits per heavy atom. The van der Waals surface area contributed by atoms with Crippen LogP contribution in [0.5, 0.6) is 0 Å². The predicted molar refractivity (Wildman–Crippen MR) is 78.2 cm³/mol. The smallest absolute Gasteiger partial charge is 0.159 e. The van der Waals surface area contributed by atoms with E-state index in [0.717, 1.165) is 17.7 Å². The van der Waals surface area contributed by atoms with Crippen LogP contribution in [0, 0.1) is 17.0 Å². The fourth-order valence-electron chi connectivity index (χ4n) is 1.80. The Kier molecular flexibility index (Phi) is 4.74. The van der Waals surface area contributed by atoms with E-state index < -0.39 is 11.6 Å². The van der Waals surface area contributed by atoms with Gasteiger partial charge >= 0.3 is 0 Å². The third-order valence-corrected chi connectivity index (χ3v) is 3.97. The van der Waals surface area contributed by atoms with Crippen LogP contribution in [0.15, 0.2) is 53.4 Å². The maximum atomic E-state index is 13.1. The topological polar surface area (TPSA) is 49.9 Å². The summed E-state index contributed by atoms with van der Waals surface area (Å²) in [6.07, 6.45) is 0. The van der Waals surface area contributed by atoms with Gasteiger partial charge in [-0.2, -0.15) is 0 Å².